The summed E-state index contributed by atoms with van der Waals surface area (Å²) >= 11 is 0. The molecule has 0 saturated heterocycles. The van der Waals surface area contributed by atoms with E-state index in [2.05, 4.69) is 125 Å². The van der Waals surface area contributed by atoms with Crippen LogP contribution in [0.5, 0.6) is 11.5 Å². The lowest BCUT2D eigenvalue weighted by atomic mass is 9.72. The van der Waals surface area contributed by atoms with Crippen LogP contribution in [0.2, 0.25) is 0 Å². The van der Waals surface area contributed by atoms with Crippen molar-refractivity contribution >= 4 is 33.5 Å². The van der Waals surface area contributed by atoms with Gasteiger partial charge >= 0.3 is 11.9 Å². The Balaban J connectivity index is 0.000000274. The molecule has 2 fully saturated rings. The second-order valence-electron chi connectivity index (χ2n) is 21.1. The lowest BCUT2D eigenvalue weighted by Crippen LogP contribution is -2.30. The van der Waals surface area contributed by atoms with Gasteiger partial charge in [0, 0.05) is 25.9 Å². The number of carbonyl (C=O) groups excluding carboxylic acids is 1. The van der Waals surface area contributed by atoms with Crippen LogP contribution in [0.1, 0.15) is 158 Å². The van der Waals surface area contributed by atoms with E-state index in [-0.39, 0.29) is 19.8 Å². The van der Waals surface area contributed by atoms with Crippen molar-refractivity contribution in [1.29, 1.82) is 0 Å². The van der Waals surface area contributed by atoms with E-state index < -0.39 is 11.6 Å². The fourth-order valence-corrected chi connectivity index (χ4v) is 8.97. The summed E-state index contributed by atoms with van der Waals surface area (Å²) in [7, 11) is 0. The molecule has 0 unspecified atom stereocenters. The number of carbonyl (C=O) groups is 2. The molecule has 0 aliphatic heterocycles. The number of fused-ring (bicyclic) bond motifs is 2. The fraction of sp³-hybridized carbons (Fsp3) is 0.600. The van der Waals surface area contributed by atoms with E-state index in [0.717, 1.165) is 75.1 Å². The van der Waals surface area contributed by atoms with E-state index in [1.807, 2.05) is 20.8 Å². The highest BCUT2D eigenvalue weighted by molar-refractivity contribution is 5.85. The minimum Gasteiger partial charge on any atom is -0.490 e. The Kier molecular flexibility index (Phi) is 19.4. The minimum absolute atomic E-state index is 0. The molecule has 8 nitrogen and oxygen atoms in total. The SMILES string of the molecule is C.CC(C)(C)C1CCC(Oc2ccc3cc(CNCCCC(=O)O)ccc3c2)CC1.CC(C)(C)OC(=O)CCCNCc1ccc2cc(OC3CCC(C(C)(C)C)CC3)ccc2c1. The lowest BCUT2D eigenvalue weighted by Gasteiger charge is -2.37. The first-order chi connectivity index (χ1) is 29.3. The molecule has 2 aliphatic carbocycles. The largest absolute Gasteiger partial charge is 0.490 e. The highest BCUT2D eigenvalue weighted by atomic mass is 16.6. The predicted octanol–water partition coefficient (Wildman–Crippen LogP) is 13.4. The summed E-state index contributed by atoms with van der Waals surface area (Å²) in [5, 5.41) is 20.3. The zero-order valence-electron chi connectivity index (χ0n) is 39.5. The number of aliphatic carboxylic acids is 1. The van der Waals surface area contributed by atoms with Crippen LogP contribution in [-0.4, -0.2) is 47.9 Å². The maximum Gasteiger partial charge on any atom is 0.306 e. The van der Waals surface area contributed by atoms with Gasteiger partial charge in [-0.1, -0.05) is 85.4 Å². The van der Waals surface area contributed by atoms with E-state index in [4.69, 9.17) is 19.3 Å². The van der Waals surface area contributed by atoms with Crippen molar-refractivity contribution in [3.63, 3.8) is 0 Å². The van der Waals surface area contributed by atoms with Gasteiger partial charge in [-0.2, -0.15) is 0 Å². The van der Waals surface area contributed by atoms with Crippen molar-refractivity contribution < 1.29 is 28.9 Å². The van der Waals surface area contributed by atoms with Crippen LogP contribution in [0, 0.1) is 22.7 Å². The van der Waals surface area contributed by atoms with Crippen molar-refractivity contribution in [2.45, 2.75) is 178 Å². The molecule has 63 heavy (non-hydrogen) atoms. The van der Waals surface area contributed by atoms with E-state index in [9.17, 15) is 9.59 Å². The second kappa shape index (κ2) is 23.7. The number of nitrogens with one attached hydrogen (secondary N) is 2. The maximum atomic E-state index is 11.8. The third kappa shape index (κ3) is 17.7. The van der Waals surface area contributed by atoms with Crippen molar-refractivity contribution in [1.82, 2.24) is 10.6 Å². The van der Waals surface area contributed by atoms with Crippen LogP contribution < -0.4 is 20.1 Å². The summed E-state index contributed by atoms with van der Waals surface area (Å²) in [5.74, 6) is 2.69. The molecule has 0 aromatic heterocycles. The summed E-state index contributed by atoms with van der Waals surface area (Å²) < 4.78 is 18.0. The third-order valence-electron chi connectivity index (χ3n) is 12.7. The second-order valence-corrected chi connectivity index (χ2v) is 21.1. The van der Waals surface area contributed by atoms with Crippen LogP contribution in [0.15, 0.2) is 72.8 Å². The normalized spacial score (nSPS) is 19.4. The quantitative estimate of drug-likeness (QED) is 0.0755. The van der Waals surface area contributed by atoms with Crippen molar-refractivity contribution in [3.8, 4) is 11.5 Å². The van der Waals surface area contributed by atoms with Crippen molar-refractivity contribution in [2.24, 2.45) is 22.7 Å². The van der Waals surface area contributed by atoms with E-state index in [0.29, 0.717) is 42.4 Å². The Labute approximate surface area is 380 Å². The number of carboxylic acid groups (broad SMARTS) is 1. The summed E-state index contributed by atoms with van der Waals surface area (Å²) in [4.78, 5) is 22.3. The number of hydrogen-bond acceptors (Lipinski definition) is 7. The van der Waals surface area contributed by atoms with Crippen molar-refractivity contribution in [2.75, 3.05) is 13.1 Å². The number of rotatable bonds is 16. The molecule has 0 spiro atoms. The first-order valence-electron chi connectivity index (χ1n) is 23.5. The molecule has 0 amide bonds. The summed E-state index contributed by atoms with van der Waals surface area (Å²) in [6.45, 7) is 22.9. The zero-order chi connectivity index (χ0) is 44.9. The van der Waals surface area contributed by atoms with Crippen molar-refractivity contribution in [3.05, 3.63) is 83.9 Å². The molecule has 0 heterocycles. The smallest absolute Gasteiger partial charge is 0.306 e. The van der Waals surface area contributed by atoms with Crippen LogP contribution in [0.3, 0.4) is 0 Å². The Bertz CT molecular complexity index is 2020. The molecule has 0 radical (unpaired) electrons. The Morgan fingerprint density at radius 2 is 0.937 bits per heavy atom. The monoisotopic (exact) mass is 867 g/mol. The molecule has 4 aromatic carbocycles. The summed E-state index contributed by atoms with van der Waals surface area (Å²) in [5.41, 5.74) is 2.85. The number of esters is 1. The van der Waals surface area contributed by atoms with Crippen LogP contribution in [0.25, 0.3) is 21.5 Å². The number of hydrogen-bond donors (Lipinski definition) is 3. The van der Waals surface area contributed by atoms with Gasteiger partial charge in [-0.25, -0.2) is 0 Å². The molecule has 3 N–H and O–H groups in total. The number of carboxylic acids is 1. The van der Waals surface area contributed by atoms with Gasteiger partial charge in [0.25, 0.3) is 0 Å². The summed E-state index contributed by atoms with van der Waals surface area (Å²) in [6.07, 6.45) is 12.4. The molecule has 8 heteroatoms. The average molecular weight is 867 g/mol. The van der Waals surface area contributed by atoms with E-state index in [1.54, 1.807) is 0 Å². The highest BCUT2D eigenvalue weighted by Gasteiger charge is 2.31. The van der Waals surface area contributed by atoms with Crippen LogP contribution in [-0.2, 0) is 27.4 Å². The van der Waals surface area contributed by atoms with Gasteiger partial charge < -0.3 is 30.0 Å². The summed E-state index contributed by atoms with van der Waals surface area (Å²) in [6, 6.07) is 25.9. The van der Waals surface area contributed by atoms with Gasteiger partial charge in [0.1, 0.15) is 17.1 Å². The molecular weight excluding hydrogens is 785 g/mol. The predicted molar refractivity (Wildman–Crippen MR) is 262 cm³/mol. The molecule has 348 valence electrons. The Morgan fingerprint density at radius 3 is 1.32 bits per heavy atom. The molecular formula is C55H82N2O6. The third-order valence-corrected chi connectivity index (χ3v) is 12.7. The van der Waals surface area contributed by atoms with Gasteiger partial charge in [-0.15, -0.1) is 0 Å². The zero-order valence-corrected chi connectivity index (χ0v) is 39.5. The van der Waals surface area contributed by atoms with Crippen LogP contribution >= 0.6 is 0 Å². The minimum atomic E-state index is -0.738. The van der Waals surface area contributed by atoms with Gasteiger partial charge in [-0.3, -0.25) is 9.59 Å². The highest BCUT2D eigenvalue weighted by Crippen LogP contribution is 2.40. The molecule has 2 aliphatic rings. The fourth-order valence-electron chi connectivity index (χ4n) is 8.97. The average Bonchev–Trinajstić information content (AvgIpc) is 3.20. The number of ether oxygens (including phenoxy) is 3. The molecule has 4 aromatic rings. The van der Waals surface area contributed by atoms with E-state index in [1.165, 1.54) is 58.4 Å². The van der Waals surface area contributed by atoms with E-state index >= 15 is 0 Å². The van der Waals surface area contributed by atoms with Crippen LogP contribution in [0.4, 0.5) is 0 Å². The molecule has 0 bridgehead atoms. The molecule has 6 rings (SSSR count). The maximum absolute atomic E-state index is 11.8. The van der Waals surface area contributed by atoms with Gasteiger partial charge in [-0.05, 0) is 190 Å². The van der Waals surface area contributed by atoms with Gasteiger partial charge in [0.2, 0.25) is 0 Å². The number of benzene rings is 4. The standard InChI is InChI=1S/C29H43NO3.C25H35NO3.CH4/c1-28(2,3)24-12-15-25(16-13-24)32-26-14-11-22-18-21(9-10-23(22)19-26)20-30-17-7-8-27(31)33-29(4,5)6;1-25(2,3)21-9-12-22(13-10-21)29-23-11-8-19-15-18(6-7-20(19)16-23)17-26-14-4-5-24(27)28;/h9-11,14,18-19,24-25,30H,7-8,12-13,15-17,20H2,1-6H3;6-8,11,15-16,21-22,26H,4-5,9-10,12-14,17H2,1-3H3,(H,27,28);1H4. The van der Waals surface area contributed by atoms with Gasteiger partial charge in [0.15, 0.2) is 0 Å². The molecule has 2 saturated carbocycles. The Morgan fingerprint density at radius 1 is 0.556 bits per heavy atom. The first kappa shape index (κ1) is 51.5. The Hall–Kier alpha value is -4.14. The first-order valence-corrected chi connectivity index (χ1v) is 23.5. The topological polar surface area (TPSA) is 106 Å². The lowest BCUT2D eigenvalue weighted by molar-refractivity contribution is -0.154. The molecule has 0 atom stereocenters. The van der Waals surface area contributed by atoms with Gasteiger partial charge in [0.05, 0.1) is 12.2 Å².